The number of anilines is 1. The second kappa shape index (κ2) is 7.22. The maximum absolute atomic E-state index is 5.83. The van der Waals surface area contributed by atoms with Gasteiger partial charge in [0.2, 0.25) is 0 Å². The van der Waals surface area contributed by atoms with Gasteiger partial charge in [-0.15, -0.1) is 0 Å². The van der Waals surface area contributed by atoms with Crippen molar-refractivity contribution in [1.82, 2.24) is 14.9 Å². The Balaban J connectivity index is 1.96. The quantitative estimate of drug-likeness (QED) is 0.888. The Bertz CT molecular complexity index is 530. The van der Waals surface area contributed by atoms with E-state index in [1.165, 1.54) is 11.8 Å². The predicted octanol–water partition coefficient (Wildman–Crippen LogP) is 2.71. The van der Waals surface area contributed by atoms with Crippen molar-refractivity contribution in [1.29, 1.82) is 0 Å². The van der Waals surface area contributed by atoms with Crippen molar-refractivity contribution >= 4 is 17.4 Å². The molecule has 5 heteroatoms. The molecule has 0 aliphatic carbocycles. The molecule has 0 bridgehead atoms. The molecule has 0 saturated heterocycles. The average molecular weight is 291 g/mol. The van der Waals surface area contributed by atoms with E-state index in [1.54, 1.807) is 6.20 Å². The van der Waals surface area contributed by atoms with Crippen LogP contribution in [-0.2, 0) is 6.42 Å². The third kappa shape index (κ3) is 4.47. The lowest BCUT2D eigenvalue weighted by atomic mass is 10.1. The Labute approximate surface area is 124 Å². The number of hydrogen-bond acceptors (Lipinski definition) is 4. The van der Waals surface area contributed by atoms with Crippen LogP contribution < -0.4 is 5.32 Å². The second-order valence-corrected chi connectivity index (χ2v) is 5.30. The Hall–Kier alpha value is -1.65. The van der Waals surface area contributed by atoms with Gasteiger partial charge >= 0.3 is 0 Å². The molecule has 4 nitrogen and oxygen atoms in total. The number of rotatable bonds is 6. The molecule has 0 fully saturated rings. The van der Waals surface area contributed by atoms with Crippen LogP contribution in [-0.4, -0.2) is 41.5 Å². The molecule has 1 aromatic carbocycles. The van der Waals surface area contributed by atoms with Crippen LogP contribution in [0.3, 0.4) is 0 Å². The molecule has 2 rings (SSSR count). The van der Waals surface area contributed by atoms with Gasteiger partial charge in [0.05, 0.1) is 12.4 Å². The minimum absolute atomic E-state index is 0.373. The van der Waals surface area contributed by atoms with Crippen LogP contribution in [0, 0.1) is 0 Å². The molecule has 0 unspecified atom stereocenters. The Morgan fingerprint density at radius 2 is 1.95 bits per heavy atom. The van der Waals surface area contributed by atoms with E-state index in [4.69, 9.17) is 11.6 Å². The molecular weight excluding hydrogens is 272 g/mol. The fourth-order valence-electron chi connectivity index (χ4n) is 1.97. The molecule has 0 amide bonds. The largest absolute Gasteiger partial charge is 0.367 e. The molecule has 0 saturated carbocycles. The van der Waals surface area contributed by atoms with E-state index in [1.807, 2.05) is 6.07 Å². The third-order valence-electron chi connectivity index (χ3n) is 3.17. The smallest absolute Gasteiger partial charge is 0.149 e. The lowest BCUT2D eigenvalue weighted by Crippen LogP contribution is -2.36. The van der Waals surface area contributed by atoms with E-state index in [2.05, 4.69) is 58.5 Å². The van der Waals surface area contributed by atoms with Crippen molar-refractivity contribution in [2.75, 3.05) is 26.0 Å². The second-order valence-electron chi connectivity index (χ2n) is 4.92. The van der Waals surface area contributed by atoms with Crippen molar-refractivity contribution < 1.29 is 0 Å². The summed E-state index contributed by atoms with van der Waals surface area (Å²) in [4.78, 5) is 10.4. The summed E-state index contributed by atoms with van der Waals surface area (Å²) in [6.07, 6.45) is 4.19. The topological polar surface area (TPSA) is 41.0 Å². The number of likely N-dealkylation sites (N-methyl/N-ethyl adjacent to an activating group) is 1. The zero-order valence-electron chi connectivity index (χ0n) is 11.8. The van der Waals surface area contributed by atoms with Gasteiger partial charge < -0.3 is 10.2 Å². The van der Waals surface area contributed by atoms with Crippen molar-refractivity contribution in [3.8, 4) is 0 Å². The number of nitrogens with one attached hydrogen (secondary N) is 1. The highest BCUT2D eigenvalue weighted by Gasteiger charge is 2.12. The monoisotopic (exact) mass is 290 g/mol. The predicted molar refractivity (Wildman–Crippen MR) is 83.2 cm³/mol. The molecule has 1 aromatic heterocycles. The van der Waals surface area contributed by atoms with Gasteiger partial charge in [0, 0.05) is 12.6 Å². The Morgan fingerprint density at radius 1 is 1.20 bits per heavy atom. The minimum Gasteiger partial charge on any atom is -0.367 e. The molecule has 20 heavy (non-hydrogen) atoms. The van der Waals surface area contributed by atoms with Crippen molar-refractivity contribution in [3.63, 3.8) is 0 Å². The lowest BCUT2D eigenvalue weighted by molar-refractivity contribution is 0.303. The van der Waals surface area contributed by atoms with Crippen LogP contribution in [0.15, 0.2) is 42.7 Å². The van der Waals surface area contributed by atoms with Gasteiger partial charge in [-0.25, -0.2) is 4.98 Å². The first kappa shape index (κ1) is 14.8. The van der Waals surface area contributed by atoms with Gasteiger partial charge in [0.25, 0.3) is 0 Å². The summed E-state index contributed by atoms with van der Waals surface area (Å²) in [6, 6.07) is 10.8. The summed E-state index contributed by atoms with van der Waals surface area (Å²) in [5.74, 6) is 0.706. The zero-order valence-corrected chi connectivity index (χ0v) is 12.5. The molecule has 1 atom stereocenters. The third-order valence-corrected chi connectivity index (χ3v) is 3.35. The van der Waals surface area contributed by atoms with Crippen molar-refractivity contribution in [3.05, 3.63) is 53.4 Å². The normalized spacial score (nSPS) is 12.4. The molecule has 0 aliphatic rings. The number of halogens is 1. The fraction of sp³-hybridized carbons (Fsp3) is 0.333. The molecule has 0 spiro atoms. The first-order valence-corrected chi connectivity index (χ1v) is 6.94. The lowest BCUT2D eigenvalue weighted by Gasteiger charge is -2.25. The number of nitrogens with zero attached hydrogens (tertiary/aromatic N) is 3. The van der Waals surface area contributed by atoms with Crippen LogP contribution in [0.4, 0.5) is 5.82 Å². The highest BCUT2D eigenvalue weighted by molar-refractivity contribution is 6.29. The molecule has 2 aromatic rings. The van der Waals surface area contributed by atoms with Gasteiger partial charge in [-0.2, -0.15) is 0 Å². The van der Waals surface area contributed by atoms with Crippen molar-refractivity contribution in [2.24, 2.45) is 0 Å². The van der Waals surface area contributed by atoms with Gasteiger partial charge in [-0.3, -0.25) is 4.98 Å². The summed E-state index contributed by atoms with van der Waals surface area (Å²) in [5.41, 5.74) is 1.32. The summed E-state index contributed by atoms with van der Waals surface area (Å²) in [6.45, 7) is 0.789. The van der Waals surface area contributed by atoms with Crippen LogP contribution in [0.2, 0.25) is 5.15 Å². The zero-order chi connectivity index (χ0) is 14.4. The van der Waals surface area contributed by atoms with E-state index < -0.39 is 0 Å². The van der Waals surface area contributed by atoms with E-state index in [0.717, 1.165) is 13.0 Å². The first-order valence-electron chi connectivity index (χ1n) is 6.57. The van der Waals surface area contributed by atoms with Crippen LogP contribution in [0.25, 0.3) is 0 Å². The van der Waals surface area contributed by atoms with Crippen molar-refractivity contribution in [2.45, 2.75) is 12.5 Å². The van der Waals surface area contributed by atoms with Crippen LogP contribution in [0.1, 0.15) is 5.56 Å². The molecular formula is C15H19ClN4. The molecule has 106 valence electrons. The van der Waals surface area contributed by atoms with Crippen LogP contribution >= 0.6 is 11.6 Å². The highest BCUT2D eigenvalue weighted by Crippen LogP contribution is 2.10. The first-order chi connectivity index (χ1) is 9.65. The van der Waals surface area contributed by atoms with E-state index in [-0.39, 0.29) is 0 Å². The average Bonchev–Trinajstić information content (AvgIpc) is 2.44. The fourth-order valence-corrected chi connectivity index (χ4v) is 2.12. The molecule has 1 N–H and O–H groups in total. The molecule has 0 radical (unpaired) electrons. The Kier molecular flexibility index (Phi) is 5.32. The van der Waals surface area contributed by atoms with Gasteiger partial charge in [0.1, 0.15) is 11.0 Å². The van der Waals surface area contributed by atoms with Gasteiger partial charge in [-0.1, -0.05) is 41.9 Å². The molecule has 0 aliphatic heterocycles. The van der Waals surface area contributed by atoms with Gasteiger partial charge in [0.15, 0.2) is 0 Å². The highest BCUT2D eigenvalue weighted by atomic mass is 35.5. The minimum atomic E-state index is 0.373. The Morgan fingerprint density at radius 3 is 2.60 bits per heavy atom. The maximum atomic E-state index is 5.83. The summed E-state index contributed by atoms with van der Waals surface area (Å²) >= 11 is 5.83. The standard InChI is InChI=1S/C15H19ClN4/c1-20(2)13(8-12-6-4-3-5-7-12)9-18-15-11-17-10-14(16)19-15/h3-7,10-11,13H,8-9H2,1-2H3,(H,18,19)/t13-/m1/s1. The van der Waals surface area contributed by atoms with E-state index in [0.29, 0.717) is 17.0 Å². The maximum Gasteiger partial charge on any atom is 0.149 e. The van der Waals surface area contributed by atoms with Crippen LogP contribution in [0.5, 0.6) is 0 Å². The summed E-state index contributed by atoms with van der Waals surface area (Å²) < 4.78 is 0. The number of benzene rings is 1. The van der Waals surface area contributed by atoms with E-state index in [9.17, 15) is 0 Å². The number of hydrogen-bond donors (Lipinski definition) is 1. The SMILES string of the molecule is CN(C)[C@@H](CNc1cncc(Cl)n1)Cc1ccccc1. The van der Waals surface area contributed by atoms with Gasteiger partial charge in [-0.05, 0) is 26.1 Å². The number of aromatic nitrogens is 2. The summed E-state index contributed by atoms with van der Waals surface area (Å²) in [5, 5.41) is 3.69. The van der Waals surface area contributed by atoms with E-state index >= 15 is 0 Å². The molecule has 1 heterocycles. The summed E-state index contributed by atoms with van der Waals surface area (Å²) in [7, 11) is 4.16.